The van der Waals surface area contributed by atoms with Gasteiger partial charge in [-0.25, -0.2) is 4.98 Å². The zero-order chi connectivity index (χ0) is 21.4. The van der Waals surface area contributed by atoms with E-state index < -0.39 is 40.7 Å². The van der Waals surface area contributed by atoms with Crippen LogP contribution >= 0.6 is 11.3 Å². The standard InChI is InChI=1S/C15H9F6N5O2S/c1-6(23-11(27)8-5-29-13(24-8)15(19,20)21)12-25-10(26-28-12)7-2-3-22-9(4-7)14(16,17)18/h2-6H,1H3,(H,23,27). The molecule has 0 aliphatic rings. The molecule has 0 bridgehead atoms. The van der Waals surface area contributed by atoms with Crippen LogP contribution in [0.2, 0.25) is 0 Å². The third kappa shape index (κ3) is 4.70. The normalized spacial score (nSPS) is 13.3. The van der Waals surface area contributed by atoms with E-state index in [4.69, 9.17) is 4.52 Å². The summed E-state index contributed by atoms with van der Waals surface area (Å²) >= 11 is 0.266. The second-order valence-electron chi connectivity index (χ2n) is 5.61. The van der Waals surface area contributed by atoms with Crippen LogP contribution in [0.1, 0.15) is 40.0 Å². The molecule has 1 amide bonds. The fourth-order valence-electron chi connectivity index (χ4n) is 2.09. The van der Waals surface area contributed by atoms with Gasteiger partial charge >= 0.3 is 12.4 Å². The molecular weight excluding hydrogens is 428 g/mol. The van der Waals surface area contributed by atoms with E-state index in [-0.39, 0.29) is 28.6 Å². The second kappa shape index (κ2) is 7.42. The highest BCUT2D eigenvalue weighted by Crippen LogP contribution is 2.32. The number of halogens is 6. The number of pyridine rings is 1. The van der Waals surface area contributed by atoms with Crippen LogP contribution in [0.4, 0.5) is 26.3 Å². The molecule has 0 radical (unpaired) electrons. The number of carbonyl (C=O) groups is 1. The van der Waals surface area contributed by atoms with Gasteiger partial charge in [0.05, 0.1) is 0 Å². The third-order valence-electron chi connectivity index (χ3n) is 3.45. The van der Waals surface area contributed by atoms with Gasteiger partial charge in [-0.1, -0.05) is 5.16 Å². The lowest BCUT2D eigenvalue weighted by atomic mass is 10.2. The zero-order valence-electron chi connectivity index (χ0n) is 14.2. The van der Waals surface area contributed by atoms with Crippen molar-refractivity contribution in [2.24, 2.45) is 0 Å². The van der Waals surface area contributed by atoms with Gasteiger partial charge in [0.25, 0.3) is 5.91 Å². The molecule has 0 aliphatic heterocycles. The molecule has 3 aromatic rings. The van der Waals surface area contributed by atoms with Gasteiger partial charge in [-0.05, 0) is 19.1 Å². The van der Waals surface area contributed by atoms with E-state index in [0.717, 1.165) is 17.6 Å². The van der Waals surface area contributed by atoms with Crippen LogP contribution in [0.25, 0.3) is 11.4 Å². The second-order valence-corrected chi connectivity index (χ2v) is 6.47. The molecule has 1 N–H and O–H groups in total. The maximum absolute atomic E-state index is 12.7. The SMILES string of the molecule is CC(NC(=O)c1csc(C(F)(F)F)n1)c1nc(-c2ccnc(C(F)(F)F)c2)no1. The summed E-state index contributed by atoms with van der Waals surface area (Å²) < 4.78 is 80.9. The number of hydrogen-bond acceptors (Lipinski definition) is 7. The van der Waals surface area contributed by atoms with Gasteiger partial charge in [0.15, 0.2) is 5.01 Å². The lowest BCUT2D eigenvalue weighted by Gasteiger charge is -2.08. The fourth-order valence-corrected chi connectivity index (χ4v) is 2.76. The first-order chi connectivity index (χ1) is 13.4. The van der Waals surface area contributed by atoms with Crippen molar-refractivity contribution < 1.29 is 35.7 Å². The first-order valence-corrected chi connectivity index (χ1v) is 8.54. The van der Waals surface area contributed by atoms with E-state index in [1.54, 1.807) is 0 Å². The molecule has 1 atom stereocenters. The number of nitrogens with zero attached hydrogens (tertiary/aromatic N) is 4. The van der Waals surface area contributed by atoms with Crippen molar-refractivity contribution in [3.05, 3.63) is 46.0 Å². The summed E-state index contributed by atoms with van der Waals surface area (Å²) in [5, 5.41) is 5.65. The topological polar surface area (TPSA) is 93.8 Å². The van der Waals surface area contributed by atoms with Gasteiger partial charge in [-0.2, -0.15) is 31.3 Å². The van der Waals surface area contributed by atoms with E-state index in [2.05, 4.69) is 25.4 Å². The molecule has 0 fully saturated rings. The summed E-state index contributed by atoms with van der Waals surface area (Å²) in [6.07, 6.45) is -8.40. The molecule has 1 unspecified atom stereocenters. The Hall–Kier alpha value is -3.03. The highest BCUT2D eigenvalue weighted by molar-refractivity contribution is 7.09. The number of alkyl halides is 6. The Morgan fingerprint density at radius 2 is 1.90 bits per heavy atom. The van der Waals surface area contributed by atoms with Gasteiger partial charge in [-0.15, -0.1) is 11.3 Å². The van der Waals surface area contributed by atoms with Crippen LogP contribution in [-0.4, -0.2) is 26.0 Å². The van der Waals surface area contributed by atoms with Gasteiger partial charge in [0, 0.05) is 17.1 Å². The molecule has 3 aromatic heterocycles. The Bertz CT molecular complexity index is 1030. The van der Waals surface area contributed by atoms with E-state index in [9.17, 15) is 31.1 Å². The molecular formula is C15H9F6N5O2S. The van der Waals surface area contributed by atoms with Crippen LogP contribution in [-0.2, 0) is 12.4 Å². The molecule has 7 nitrogen and oxygen atoms in total. The Labute approximate surface area is 161 Å². The predicted octanol–water partition coefficient (Wildman–Crippen LogP) is 4.12. The molecule has 0 aliphatic carbocycles. The summed E-state index contributed by atoms with van der Waals surface area (Å²) in [5.74, 6) is -1.25. The summed E-state index contributed by atoms with van der Waals surface area (Å²) in [4.78, 5) is 22.4. The van der Waals surface area contributed by atoms with Crippen molar-refractivity contribution in [3.8, 4) is 11.4 Å². The molecule has 0 spiro atoms. The first kappa shape index (κ1) is 20.7. The minimum atomic E-state index is -4.67. The summed E-state index contributed by atoms with van der Waals surface area (Å²) in [5.41, 5.74) is -1.61. The predicted molar refractivity (Wildman–Crippen MR) is 85.5 cm³/mol. The Morgan fingerprint density at radius 1 is 1.17 bits per heavy atom. The number of carbonyl (C=O) groups excluding carboxylic acids is 1. The lowest BCUT2D eigenvalue weighted by molar-refractivity contribution is -0.141. The van der Waals surface area contributed by atoms with E-state index >= 15 is 0 Å². The summed E-state index contributed by atoms with van der Waals surface area (Å²) in [7, 11) is 0. The number of amides is 1. The maximum atomic E-state index is 12.7. The zero-order valence-corrected chi connectivity index (χ0v) is 15.0. The maximum Gasteiger partial charge on any atom is 0.443 e. The van der Waals surface area contributed by atoms with Crippen molar-refractivity contribution in [2.45, 2.75) is 25.3 Å². The van der Waals surface area contributed by atoms with Crippen LogP contribution in [0, 0.1) is 0 Å². The van der Waals surface area contributed by atoms with Crippen LogP contribution in [0.5, 0.6) is 0 Å². The van der Waals surface area contributed by atoms with Crippen molar-refractivity contribution in [3.63, 3.8) is 0 Å². The minimum Gasteiger partial charge on any atom is -0.339 e. The molecule has 3 rings (SSSR count). The average molecular weight is 437 g/mol. The van der Waals surface area contributed by atoms with Gasteiger partial charge in [0.1, 0.15) is 17.4 Å². The molecule has 3 heterocycles. The van der Waals surface area contributed by atoms with Crippen LogP contribution in [0.3, 0.4) is 0 Å². The van der Waals surface area contributed by atoms with Crippen LogP contribution < -0.4 is 5.32 Å². The Balaban J connectivity index is 1.73. The molecule has 29 heavy (non-hydrogen) atoms. The molecule has 0 saturated heterocycles. The highest BCUT2D eigenvalue weighted by atomic mass is 32.1. The number of nitrogens with one attached hydrogen (secondary N) is 1. The van der Waals surface area contributed by atoms with Crippen molar-refractivity contribution >= 4 is 17.2 Å². The van der Waals surface area contributed by atoms with Gasteiger partial charge in [-0.3, -0.25) is 9.78 Å². The van der Waals surface area contributed by atoms with E-state index in [1.165, 1.54) is 13.0 Å². The number of aromatic nitrogens is 4. The molecule has 0 aromatic carbocycles. The van der Waals surface area contributed by atoms with Gasteiger partial charge < -0.3 is 9.84 Å². The highest BCUT2D eigenvalue weighted by Gasteiger charge is 2.35. The summed E-state index contributed by atoms with van der Waals surface area (Å²) in [6, 6.07) is 1.02. The lowest BCUT2D eigenvalue weighted by Crippen LogP contribution is -2.27. The Morgan fingerprint density at radius 3 is 2.52 bits per heavy atom. The van der Waals surface area contributed by atoms with Crippen LogP contribution in [0.15, 0.2) is 28.2 Å². The average Bonchev–Trinajstić information content (AvgIpc) is 3.30. The van der Waals surface area contributed by atoms with E-state index in [0.29, 0.717) is 0 Å². The quantitative estimate of drug-likeness (QED) is 0.618. The number of thiazole rings is 1. The monoisotopic (exact) mass is 437 g/mol. The van der Waals surface area contributed by atoms with Crippen molar-refractivity contribution in [1.29, 1.82) is 0 Å². The minimum absolute atomic E-state index is 0.0184. The Kier molecular flexibility index (Phi) is 5.30. The largest absolute Gasteiger partial charge is 0.443 e. The van der Waals surface area contributed by atoms with E-state index in [1.807, 2.05) is 0 Å². The van der Waals surface area contributed by atoms with Crippen molar-refractivity contribution in [1.82, 2.24) is 25.4 Å². The molecule has 0 saturated carbocycles. The smallest absolute Gasteiger partial charge is 0.339 e. The molecule has 154 valence electrons. The molecule has 14 heteroatoms. The number of rotatable bonds is 4. The van der Waals surface area contributed by atoms with Gasteiger partial charge in [0.2, 0.25) is 11.7 Å². The number of hydrogen-bond donors (Lipinski definition) is 1. The third-order valence-corrected chi connectivity index (χ3v) is 4.33. The van der Waals surface area contributed by atoms with Crippen molar-refractivity contribution in [2.75, 3.05) is 0 Å². The first-order valence-electron chi connectivity index (χ1n) is 7.66. The fraction of sp³-hybridized carbons (Fsp3) is 0.267. The summed E-state index contributed by atoms with van der Waals surface area (Å²) in [6.45, 7) is 1.40.